The van der Waals surface area contributed by atoms with Gasteiger partial charge in [-0.2, -0.15) is 0 Å². The molecule has 4 fully saturated rings. The number of nitrogens with zero attached hydrogens (tertiary/aromatic N) is 2. The predicted octanol–water partition coefficient (Wildman–Crippen LogP) is 4.05. The van der Waals surface area contributed by atoms with Crippen LogP contribution >= 0.6 is 0 Å². The Kier molecular flexibility index (Phi) is 9.75. The van der Waals surface area contributed by atoms with E-state index < -0.39 is 0 Å². The van der Waals surface area contributed by atoms with Crippen molar-refractivity contribution in [3.8, 4) is 0 Å². The fraction of sp³-hybridized carbons (Fsp3) is 0.857. The Morgan fingerprint density at radius 2 is 0.800 bits per heavy atom. The Hall–Kier alpha value is -1.76. The molecule has 35 heavy (non-hydrogen) atoms. The summed E-state index contributed by atoms with van der Waals surface area (Å²) in [4.78, 5) is 53.1. The van der Waals surface area contributed by atoms with E-state index in [1.807, 2.05) is 0 Å². The minimum atomic E-state index is -0.0186. The molecule has 2 aliphatic heterocycles. The maximum Gasteiger partial charge on any atom is 0.233 e. The molecule has 0 radical (unpaired) electrons. The summed E-state index contributed by atoms with van der Waals surface area (Å²) in [6.45, 7) is 3.22. The number of carbonyl (C=O) groups excluding carboxylic acids is 4. The van der Waals surface area contributed by atoms with E-state index in [2.05, 4.69) is 5.32 Å². The molecule has 2 heterocycles. The van der Waals surface area contributed by atoms with Gasteiger partial charge in [-0.25, -0.2) is 0 Å². The molecule has 0 bridgehead atoms. The zero-order valence-corrected chi connectivity index (χ0v) is 21.5. The number of unbranched alkanes of at least 4 members (excludes halogenated alkanes) is 6. The van der Waals surface area contributed by atoms with E-state index in [1.54, 1.807) is 9.80 Å². The lowest BCUT2D eigenvalue weighted by Crippen LogP contribution is -2.32. The van der Waals surface area contributed by atoms with E-state index in [0.29, 0.717) is 13.1 Å². The van der Waals surface area contributed by atoms with Crippen molar-refractivity contribution in [2.24, 2.45) is 23.7 Å². The molecule has 0 aromatic heterocycles. The first-order chi connectivity index (χ1) is 17.1. The summed E-state index contributed by atoms with van der Waals surface area (Å²) in [7, 11) is 0. The van der Waals surface area contributed by atoms with Gasteiger partial charge in [0.2, 0.25) is 23.6 Å². The highest BCUT2D eigenvalue weighted by Gasteiger charge is 2.48. The van der Waals surface area contributed by atoms with Crippen LogP contribution in [0.1, 0.15) is 103 Å². The third-order valence-electron chi connectivity index (χ3n) is 8.84. The smallest absolute Gasteiger partial charge is 0.233 e. The maximum absolute atomic E-state index is 12.5. The minimum absolute atomic E-state index is 0.0186. The van der Waals surface area contributed by atoms with Gasteiger partial charge in [0.1, 0.15) is 0 Å². The molecule has 7 heteroatoms. The van der Waals surface area contributed by atoms with Crippen molar-refractivity contribution >= 4 is 23.6 Å². The Balaban J connectivity index is 0.954. The third kappa shape index (κ3) is 6.33. The van der Waals surface area contributed by atoms with Crippen LogP contribution in [0.15, 0.2) is 0 Å². The molecule has 0 aromatic rings. The van der Waals surface area contributed by atoms with Crippen molar-refractivity contribution in [2.75, 3.05) is 26.2 Å². The number of imide groups is 2. The molecule has 196 valence electrons. The molecule has 4 amide bonds. The number of hydrogen-bond donors (Lipinski definition) is 1. The molecule has 4 atom stereocenters. The standard InChI is InChI=1S/C28H45N3O4/c32-25-21-13-5-6-14-22(21)26(33)30(25)19-11-3-1-9-17-29-18-10-2-4-12-20-31-27(34)23-15-7-8-16-24(23)28(31)35/h21-24,29H,1-20H2. The van der Waals surface area contributed by atoms with Gasteiger partial charge in [-0.05, 0) is 64.5 Å². The van der Waals surface area contributed by atoms with Crippen molar-refractivity contribution in [2.45, 2.75) is 103 Å². The fourth-order valence-electron chi connectivity index (χ4n) is 6.77. The summed E-state index contributed by atoms with van der Waals surface area (Å²) in [5.41, 5.74) is 0. The van der Waals surface area contributed by atoms with Crippen LogP contribution < -0.4 is 5.32 Å². The zero-order valence-electron chi connectivity index (χ0n) is 21.5. The van der Waals surface area contributed by atoms with Crippen LogP contribution in [0.4, 0.5) is 0 Å². The first-order valence-corrected chi connectivity index (χ1v) is 14.5. The van der Waals surface area contributed by atoms with E-state index >= 15 is 0 Å². The second-order valence-corrected chi connectivity index (χ2v) is 11.2. The Labute approximate surface area is 210 Å². The van der Waals surface area contributed by atoms with E-state index in [-0.39, 0.29) is 47.3 Å². The third-order valence-corrected chi connectivity index (χ3v) is 8.84. The number of nitrogens with one attached hydrogen (secondary N) is 1. The highest BCUT2D eigenvalue weighted by molar-refractivity contribution is 6.05. The Morgan fingerprint density at radius 1 is 0.486 bits per heavy atom. The van der Waals surface area contributed by atoms with Crippen molar-refractivity contribution in [3.63, 3.8) is 0 Å². The average Bonchev–Trinajstić information content (AvgIpc) is 3.27. The van der Waals surface area contributed by atoms with Crippen molar-refractivity contribution in [1.29, 1.82) is 0 Å². The van der Waals surface area contributed by atoms with Gasteiger partial charge in [0.25, 0.3) is 0 Å². The van der Waals surface area contributed by atoms with Crippen molar-refractivity contribution in [1.82, 2.24) is 15.1 Å². The molecule has 2 aliphatic carbocycles. The van der Waals surface area contributed by atoms with Crippen LogP contribution in [0.2, 0.25) is 0 Å². The molecular weight excluding hydrogens is 442 g/mol. The summed E-state index contributed by atoms with van der Waals surface area (Å²) < 4.78 is 0. The fourth-order valence-corrected chi connectivity index (χ4v) is 6.77. The summed E-state index contributed by atoms with van der Waals surface area (Å²) >= 11 is 0. The quantitative estimate of drug-likeness (QED) is 0.295. The van der Waals surface area contributed by atoms with Crippen LogP contribution in [0.25, 0.3) is 0 Å². The van der Waals surface area contributed by atoms with Gasteiger partial charge in [0.15, 0.2) is 0 Å². The first-order valence-electron chi connectivity index (χ1n) is 14.5. The van der Waals surface area contributed by atoms with Gasteiger partial charge in [-0.3, -0.25) is 29.0 Å². The number of amides is 4. The first kappa shape index (κ1) is 26.3. The zero-order chi connectivity index (χ0) is 24.6. The topological polar surface area (TPSA) is 86.8 Å². The number of hydrogen-bond acceptors (Lipinski definition) is 5. The van der Waals surface area contributed by atoms with Gasteiger partial charge in [0.05, 0.1) is 23.7 Å². The van der Waals surface area contributed by atoms with E-state index in [9.17, 15) is 19.2 Å². The van der Waals surface area contributed by atoms with Crippen LogP contribution in [-0.4, -0.2) is 59.6 Å². The Morgan fingerprint density at radius 3 is 1.14 bits per heavy atom. The average molecular weight is 488 g/mol. The second kappa shape index (κ2) is 13.0. The number of carbonyl (C=O) groups is 4. The number of fused-ring (bicyclic) bond motifs is 2. The molecule has 4 rings (SSSR count). The van der Waals surface area contributed by atoms with Crippen LogP contribution in [0.3, 0.4) is 0 Å². The van der Waals surface area contributed by atoms with E-state index in [4.69, 9.17) is 0 Å². The van der Waals surface area contributed by atoms with Gasteiger partial charge in [0, 0.05) is 13.1 Å². The summed E-state index contributed by atoms with van der Waals surface area (Å²) in [5, 5.41) is 3.51. The summed E-state index contributed by atoms with van der Waals surface area (Å²) in [6.07, 6.45) is 16.4. The summed E-state index contributed by atoms with van der Waals surface area (Å²) in [5.74, 6) is 0.307. The van der Waals surface area contributed by atoms with Crippen LogP contribution in [-0.2, 0) is 19.2 Å². The molecule has 0 aromatic carbocycles. The summed E-state index contributed by atoms with van der Waals surface area (Å²) in [6, 6.07) is 0. The molecule has 0 spiro atoms. The highest BCUT2D eigenvalue weighted by atomic mass is 16.2. The van der Waals surface area contributed by atoms with Gasteiger partial charge < -0.3 is 5.32 Å². The molecule has 2 saturated heterocycles. The van der Waals surface area contributed by atoms with E-state index in [0.717, 1.165) is 116 Å². The second-order valence-electron chi connectivity index (χ2n) is 11.2. The van der Waals surface area contributed by atoms with Gasteiger partial charge in [-0.15, -0.1) is 0 Å². The lowest BCUT2D eigenvalue weighted by Gasteiger charge is -2.19. The van der Waals surface area contributed by atoms with Gasteiger partial charge in [-0.1, -0.05) is 51.4 Å². The largest absolute Gasteiger partial charge is 0.317 e. The molecule has 7 nitrogen and oxygen atoms in total. The lowest BCUT2D eigenvalue weighted by atomic mass is 9.81. The number of rotatable bonds is 14. The molecule has 4 unspecified atom stereocenters. The van der Waals surface area contributed by atoms with Crippen LogP contribution in [0, 0.1) is 23.7 Å². The maximum atomic E-state index is 12.5. The highest BCUT2D eigenvalue weighted by Crippen LogP contribution is 2.39. The number of likely N-dealkylation sites (tertiary alicyclic amines) is 2. The monoisotopic (exact) mass is 487 g/mol. The SMILES string of the molecule is O=C1C2CCCCC2C(=O)N1CCCCCCNCCCCCCN1C(=O)C2CCCCC2C1=O. The minimum Gasteiger partial charge on any atom is -0.317 e. The Bertz CT molecular complexity index is 659. The molecule has 1 N–H and O–H groups in total. The molecule has 4 aliphatic rings. The van der Waals surface area contributed by atoms with Gasteiger partial charge >= 0.3 is 0 Å². The lowest BCUT2D eigenvalue weighted by molar-refractivity contribution is -0.141. The molecular formula is C28H45N3O4. The van der Waals surface area contributed by atoms with Crippen LogP contribution in [0.5, 0.6) is 0 Å². The van der Waals surface area contributed by atoms with E-state index in [1.165, 1.54) is 0 Å². The molecule has 2 saturated carbocycles. The normalized spacial score (nSPS) is 28.7. The van der Waals surface area contributed by atoms with Crippen molar-refractivity contribution in [3.05, 3.63) is 0 Å². The predicted molar refractivity (Wildman–Crippen MR) is 134 cm³/mol. The van der Waals surface area contributed by atoms with Crippen molar-refractivity contribution < 1.29 is 19.2 Å².